The summed E-state index contributed by atoms with van der Waals surface area (Å²) in [5.41, 5.74) is 4.68. The molecule has 3 rings (SSSR count). The highest BCUT2D eigenvalue weighted by atomic mass is 16.5. The zero-order valence-corrected chi connectivity index (χ0v) is 21.8. The van der Waals surface area contributed by atoms with Gasteiger partial charge in [0.15, 0.2) is 0 Å². The molecule has 7 heteroatoms. The predicted molar refractivity (Wildman–Crippen MR) is 143 cm³/mol. The quantitative estimate of drug-likeness (QED) is 0.533. The number of amides is 2. The van der Waals surface area contributed by atoms with Crippen LogP contribution in [0.4, 0.5) is 10.5 Å². The van der Waals surface area contributed by atoms with E-state index in [0.29, 0.717) is 38.5 Å². The lowest BCUT2D eigenvalue weighted by Crippen LogP contribution is -2.49. The number of rotatable bonds is 10. The fourth-order valence-electron chi connectivity index (χ4n) is 4.50. The zero-order chi connectivity index (χ0) is 25.4. The van der Waals surface area contributed by atoms with Crippen molar-refractivity contribution >= 4 is 11.7 Å². The van der Waals surface area contributed by atoms with Crippen LogP contribution in [0.1, 0.15) is 27.2 Å². The molecule has 0 radical (unpaired) electrons. The summed E-state index contributed by atoms with van der Waals surface area (Å²) >= 11 is 0. The van der Waals surface area contributed by atoms with Gasteiger partial charge in [-0.2, -0.15) is 0 Å². The predicted octanol–water partition coefficient (Wildman–Crippen LogP) is 3.68. The SMILES string of the molecule is C=CC1=C(/C=C(/C)C(C)C)CN(C(=O)NCCC(O)CN2CCN(c3ccccc3OC)CC2)C1. The minimum atomic E-state index is -0.472. The molecular formula is C28H42N4O3. The van der Waals surface area contributed by atoms with E-state index >= 15 is 0 Å². The van der Waals surface area contributed by atoms with Gasteiger partial charge in [-0.05, 0) is 42.5 Å². The van der Waals surface area contributed by atoms with Crippen molar-refractivity contribution in [2.75, 3.05) is 64.4 Å². The molecule has 2 N–H and O–H groups in total. The van der Waals surface area contributed by atoms with Crippen LogP contribution >= 0.6 is 0 Å². The number of piperazine rings is 1. The van der Waals surface area contributed by atoms with Crippen molar-refractivity contribution in [2.45, 2.75) is 33.3 Å². The van der Waals surface area contributed by atoms with Gasteiger partial charge in [-0.3, -0.25) is 4.90 Å². The van der Waals surface area contributed by atoms with Gasteiger partial charge >= 0.3 is 6.03 Å². The van der Waals surface area contributed by atoms with Crippen molar-refractivity contribution in [3.63, 3.8) is 0 Å². The number of benzene rings is 1. The highest BCUT2D eigenvalue weighted by Crippen LogP contribution is 2.28. The van der Waals surface area contributed by atoms with Crippen molar-refractivity contribution < 1.29 is 14.6 Å². The van der Waals surface area contributed by atoms with Gasteiger partial charge in [-0.25, -0.2) is 4.79 Å². The Hall–Kier alpha value is -2.77. The molecule has 192 valence electrons. The lowest BCUT2D eigenvalue weighted by atomic mass is 10.0. The maximum absolute atomic E-state index is 12.7. The van der Waals surface area contributed by atoms with Gasteiger partial charge < -0.3 is 25.0 Å². The number of hydrogen-bond acceptors (Lipinski definition) is 5. The number of carbonyl (C=O) groups is 1. The van der Waals surface area contributed by atoms with Crippen molar-refractivity contribution in [3.8, 4) is 5.75 Å². The Labute approximate surface area is 210 Å². The maximum Gasteiger partial charge on any atom is 0.318 e. The third-order valence-corrected chi connectivity index (χ3v) is 7.00. The van der Waals surface area contributed by atoms with Crippen LogP contribution in [0, 0.1) is 5.92 Å². The van der Waals surface area contributed by atoms with E-state index < -0.39 is 6.10 Å². The third kappa shape index (κ3) is 7.36. The topological polar surface area (TPSA) is 68.3 Å². The molecule has 0 aliphatic carbocycles. The number of urea groups is 1. The summed E-state index contributed by atoms with van der Waals surface area (Å²) in [4.78, 5) is 19.1. The molecule has 2 amide bonds. The number of nitrogens with one attached hydrogen (secondary N) is 1. The van der Waals surface area contributed by atoms with Gasteiger partial charge in [0.1, 0.15) is 5.75 Å². The third-order valence-electron chi connectivity index (χ3n) is 7.00. The molecule has 1 fully saturated rings. The average Bonchev–Trinajstić information content (AvgIpc) is 3.27. The van der Waals surface area contributed by atoms with Crippen LogP contribution in [0.2, 0.25) is 0 Å². The number of methoxy groups -OCH3 is 1. The zero-order valence-electron chi connectivity index (χ0n) is 21.8. The number of aliphatic hydroxyl groups is 1. The minimum absolute atomic E-state index is 0.0902. The molecule has 1 aromatic carbocycles. The van der Waals surface area contributed by atoms with Crippen molar-refractivity contribution in [3.05, 3.63) is 59.7 Å². The Balaban J connectivity index is 1.38. The Kier molecular flexibility index (Phi) is 9.81. The fourth-order valence-corrected chi connectivity index (χ4v) is 4.50. The van der Waals surface area contributed by atoms with Crippen molar-refractivity contribution in [1.29, 1.82) is 0 Å². The minimum Gasteiger partial charge on any atom is -0.495 e. The Morgan fingerprint density at radius 1 is 1.17 bits per heavy atom. The summed E-state index contributed by atoms with van der Waals surface area (Å²) in [7, 11) is 1.70. The molecule has 35 heavy (non-hydrogen) atoms. The molecule has 2 heterocycles. The van der Waals surface area contributed by atoms with E-state index in [0.717, 1.165) is 48.8 Å². The van der Waals surface area contributed by atoms with E-state index in [9.17, 15) is 9.90 Å². The molecule has 7 nitrogen and oxygen atoms in total. The van der Waals surface area contributed by atoms with E-state index in [4.69, 9.17) is 4.74 Å². The van der Waals surface area contributed by atoms with E-state index in [1.807, 2.05) is 24.3 Å². The maximum atomic E-state index is 12.7. The lowest BCUT2D eigenvalue weighted by molar-refractivity contribution is 0.102. The number of aliphatic hydroxyl groups excluding tert-OH is 1. The summed E-state index contributed by atoms with van der Waals surface area (Å²) in [6, 6.07) is 8.00. The number of para-hydroxylation sites is 2. The first-order valence-corrected chi connectivity index (χ1v) is 12.7. The van der Waals surface area contributed by atoms with Crippen LogP contribution in [-0.4, -0.2) is 86.5 Å². The number of nitrogens with zero attached hydrogens (tertiary/aromatic N) is 3. The first-order valence-electron chi connectivity index (χ1n) is 12.7. The summed E-state index contributed by atoms with van der Waals surface area (Å²) in [6.07, 6.45) is 4.10. The Bertz CT molecular complexity index is 932. The standard InChI is InChI=1S/C28H42N4O3/c1-6-23-18-32(19-24(23)17-22(4)21(2)3)28(34)29-12-11-25(33)20-30-13-15-31(16-14-30)26-9-7-8-10-27(26)35-5/h6-10,17,21,25,33H,1,11-16,18-20H2,2-5H3,(H,29,34)/b22-17-. The molecule has 0 saturated carbocycles. The molecule has 0 aromatic heterocycles. The summed E-state index contributed by atoms with van der Waals surface area (Å²) in [6.45, 7) is 16.2. The van der Waals surface area contributed by atoms with Gasteiger partial charge in [0.25, 0.3) is 0 Å². The largest absolute Gasteiger partial charge is 0.495 e. The molecule has 1 atom stereocenters. The van der Waals surface area contributed by atoms with Crippen LogP contribution in [0.15, 0.2) is 59.7 Å². The molecule has 1 saturated heterocycles. The van der Waals surface area contributed by atoms with Crippen LogP contribution < -0.4 is 15.0 Å². The summed E-state index contributed by atoms with van der Waals surface area (Å²) in [5, 5.41) is 13.5. The van der Waals surface area contributed by atoms with Crippen LogP contribution in [0.3, 0.4) is 0 Å². The number of hydrogen-bond donors (Lipinski definition) is 2. The van der Waals surface area contributed by atoms with Crippen LogP contribution in [-0.2, 0) is 0 Å². The van der Waals surface area contributed by atoms with E-state index in [-0.39, 0.29) is 6.03 Å². The molecular weight excluding hydrogens is 440 g/mol. The van der Waals surface area contributed by atoms with Gasteiger partial charge in [-0.15, -0.1) is 0 Å². The van der Waals surface area contributed by atoms with Crippen molar-refractivity contribution in [1.82, 2.24) is 15.1 Å². The fraction of sp³-hybridized carbons (Fsp3) is 0.536. The number of ether oxygens (including phenoxy) is 1. The highest BCUT2D eigenvalue weighted by Gasteiger charge is 2.24. The lowest BCUT2D eigenvalue weighted by Gasteiger charge is -2.37. The van der Waals surface area contributed by atoms with Crippen LogP contribution in [0.25, 0.3) is 0 Å². The second-order valence-corrected chi connectivity index (χ2v) is 9.79. The molecule has 0 bridgehead atoms. The van der Waals surface area contributed by atoms with Gasteiger partial charge in [0, 0.05) is 52.4 Å². The number of anilines is 1. The average molecular weight is 483 g/mol. The monoisotopic (exact) mass is 482 g/mol. The molecule has 2 aliphatic heterocycles. The molecule has 0 spiro atoms. The first kappa shape index (κ1) is 26.8. The molecule has 2 aliphatic rings. The smallest absolute Gasteiger partial charge is 0.318 e. The normalized spacial score (nSPS) is 18.3. The molecule has 1 unspecified atom stereocenters. The number of β-amino-alcohol motifs (C(OH)–C–C–N with tert-alkyl or cyclic N) is 1. The second-order valence-electron chi connectivity index (χ2n) is 9.79. The van der Waals surface area contributed by atoms with Crippen LogP contribution in [0.5, 0.6) is 5.75 Å². The van der Waals surface area contributed by atoms with Gasteiger partial charge in [-0.1, -0.05) is 50.3 Å². The van der Waals surface area contributed by atoms with E-state index in [2.05, 4.69) is 54.6 Å². The van der Waals surface area contributed by atoms with Crippen molar-refractivity contribution in [2.24, 2.45) is 5.92 Å². The van der Waals surface area contributed by atoms with E-state index in [1.165, 1.54) is 5.57 Å². The van der Waals surface area contributed by atoms with E-state index in [1.54, 1.807) is 12.0 Å². The number of carbonyl (C=O) groups excluding carboxylic acids is 1. The Morgan fingerprint density at radius 3 is 2.51 bits per heavy atom. The van der Waals surface area contributed by atoms with Gasteiger partial charge in [0.2, 0.25) is 0 Å². The second kappa shape index (κ2) is 12.8. The number of allylic oxidation sites excluding steroid dienone is 1. The highest BCUT2D eigenvalue weighted by molar-refractivity contribution is 5.76. The summed E-state index contributed by atoms with van der Waals surface area (Å²) in [5.74, 6) is 1.37. The first-order chi connectivity index (χ1) is 16.8. The summed E-state index contributed by atoms with van der Waals surface area (Å²) < 4.78 is 5.49. The van der Waals surface area contributed by atoms with Gasteiger partial charge in [0.05, 0.1) is 18.9 Å². The Morgan fingerprint density at radius 2 is 1.86 bits per heavy atom. The molecule has 1 aromatic rings.